The maximum absolute atomic E-state index is 12.6. The number of nitrogens with zero attached hydrogens (tertiary/aromatic N) is 2. The molecule has 0 bridgehead atoms. The number of rotatable bonds is 4. The fourth-order valence-electron chi connectivity index (χ4n) is 3.48. The van der Waals surface area contributed by atoms with Gasteiger partial charge in [-0.25, -0.2) is 9.13 Å². The number of ketones is 1. The highest BCUT2D eigenvalue weighted by molar-refractivity contribution is 6.30. The lowest BCUT2D eigenvalue weighted by atomic mass is 10.1. The highest BCUT2D eigenvalue weighted by Gasteiger charge is 2.29. The minimum Gasteiger partial charge on any atom is -0.290 e. The van der Waals surface area contributed by atoms with Crippen molar-refractivity contribution in [3.63, 3.8) is 0 Å². The molecule has 25 heavy (non-hydrogen) atoms. The van der Waals surface area contributed by atoms with Crippen LogP contribution in [0.1, 0.15) is 28.2 Å². The van der Waals surface area contributed by atoms with Crippen molar-refractivity contribution in [1.29, 1.82) is 0 Å². The molecule has 1 aromatic heterocycles. The second kappa shape index (κ2) is 6.49. The summed E-state index contributed by atoms with van der Waals surface area (Å²) in [5, 5.41) is 0.649. The molecule has 0 unspecified atom stereocenters. The fraction of sp³-hybridized carbons (Fsp3) is 0.238. The Morgan fingerprint density at radius 3 is 2.56 bits per heavy atom. The number of hydrogen-bond acceptors (Lipinski definition) is 1. The molecular weight excluding hydrogens is 332 g/mol. The first-order valence-electron chi connectivity index (χ1n) is 8.59. The number of halogens is 1. The van der Waals surface area contributed by atoms with Crippen molar-refractivity contribution in [2.24, 2.45) is 0 Å². The summed E-state index contributed by atoms with van der Waals surface area (Å²) in [4.78, 5) is 12.6. The lowest BCUT2D eigenvalue weighted by Gasteiger charge is -2.00. The molecule has 0 N–H and O–H groups in total. The molecule has 3 aromatic rings. The molecule has 0 spiro atoms. The Morgan fingerprint density at radius 2 is 1.84 bits per heavy atom. The van der Waals surface area contributed by atoms with Gasteiger partial charge in [-0.05, 0) is 37.6 Å². The van der Waals surface area contributed by atoms with Gasteiger partial charge < -0.3 is 0 Å². The van der Waals surface area contributed by atoms with Gasteiger partial charge in [0.15, 0.2) is 12.2 Å². The van der Waals surface area contributed by atoms with E-state index in [-0.39, 0.29) is 5.78 Å². The molecule has 126 valence electrons. The Labute approximate surface area is 152 Å². The molecular formula is C21H20ClN2O+. The van der Waals surface area contributed by atoms with E-state index in [1.165, 1.54) is 22.6 Å². The van der Waals surface area contributed by atoms with Crippen molar-refractivity contribution >= 4 is 17.4 Å². The molecule has 0 amide bonds. The number of carbonyl (C=O) groups excluding carboxylic acids is 1. The van der Waals surface area contributed by atoms with E-state index in [9.17, 15) is 4.79 Å². The predicted octanol–water partition coefficient (Wildman–Crippen LogP) is 4.23. The quantitative estimate of drug-likeness (QED) is 0.510. The van der Waals surface area contributed by atoms with Crippen LogP contribution in [0.4, 0.5) is 0 Å². The Kier molecular flexibility index (Phi) is 4.18. The van der Waals surface area contributed by atoms with Crippen LogP contribution in [0.3, 0.4) is 0 Å². The van der Waals surface area contributed by atoms with Crippen molar-refractivity contribution in [2.45, 2.75) is 32.9 Å². The standard InChI is InChI=1S/C21H20ClN2O/c1-15-4-6-16(7-5-15)19-13-23(21-3-2-12-24(19)21)14-20(25)17-8-10-18(22)11-9-17/h4-11,13H,2-3,12,14H2,1H3/q+1. The van der Waals surface area contributed by atoms with Crippen LogP contribution in [-0.2, 0) is 19.5 Å². The molecule has 0 radical (unpaired) electrons. The minimum absolute atomic E-state index is 0.109. The van der Waals surface area contributed by atoms with Gasteiger partial charge in [-0.15, -0.1) is 0 Å². The first-order valence-corrected chi connectivity index (χ1v) is 8.97. The van der Waals surface area contributed by atoms with Crippen LogP contribution in [-0.4, -0.2) is 10.4 Å². The third-order valence-electron chi connectivity index (χ3n) is 4.82. The number of imidazole rings is 1. The van der Waals surface area contributed by atoms with E-state index in [0.717, 1.165) is 19.4 Å². The highest BCUT2D eigenvalue weighted by Crippen LogP contribution is 2.25. The Balaban J connectivity index is 1.66. The van der Waals surface area contributed by atoms with E-state index in [0.29, 0.717) is 17.1 Å². The van der Waals surface area contributed by atoms with Gasteiger partial charge in [-0.3, -0.25) is 4.79 Å². The van der Waals surface area contributed by atoms with Crippen molar-refractivity contribution in [3.8, 4) is 11.3 Å². The van der Waals surface area contributed by atoms with Crippen molar-refractivity contribution in [3.05, 3.63) is 76.7 Å². The van der Waals surface area contributed by atoms with Crippen LogP contribution in [0.5, 0.6) is 0 Å². The molecule has 1 aliphatic heterocycles. The molecule has 0 fully saturated rings. The van der Waals surface area contributed by atoms with Crippen LogP contribution < -0.4 is 4.57 Å². The zero-order valence-corrected chi connectivity index (χ0v) is 15.0. The van der Waals surface area contributed by atoms with Gasteiger partial charge >= 0.3 is 0 Å². The number of aryl methyl sites for hydroxylation is 1. The molecule has 0 atom stereocenters. The van der Waals surface area contributed by atoms with Gasteiger partial charge in [0.05, 0.1) is 13.0 Å². The van der Waals surface area contributed by atoms with Crippen molar-refractivity contribution < 1.29 is 9.36 Å². The van der Waals surface area contributed by atoms with Gasteiger partial charge in [0, 0.05) is 16.1 Å². The maximum atomic E-state index is 12.6. The molecule has 0 aliphatic carbocycles. The van der Waals surface area contributed by atoms with Gasteiger partial charge in [-0.2, -0.15) is 0 Å². The SMILES string of the molecule is Cc1ccc(-c2c[n+](CC(=O)c3ccc(Cl)cc3)c3n2CCC3)cc1. The van der Waals surface area contributed by atoms with E-state index in [1.807, 2.05) is 0 Å². The molecule has 4 rings (SSSR count). The average molecular weight is 352 g/mol. The molecule has 4 heteroatoms. The first-order chi connectivity index (χ1) is 12.1. The molecule has 2 aromatic carbocycles. The van der Waals surface area contributed by atoms with E-state index in [1.54, 1.807) is 24.3 Å². The summed E-state index contributed by atoms with van der Waals surface area (Å²) in [6.45, 7) is 3.47. The van der Waals surface area contributed by atoms with Gasteiger partial charge in [0.1, 0.15) is 6.20 Å². The smallest absolute Gasteiger partial charge is 0.257 e. The zero-order chi connectivity index (χ0) is 17.4. The second-order valence-electron chi connectivity index (χ2n) is 6.61. The summed E-state index contributed by atoms with van der Waals surface area (Å²) in [5.41, 5.74) is 4.34. The number of hydrogen-bond donors (Lipinski definition) is 0. The second-order valence-corrected chi connectivity index (χ2v) is 7.05. The summed E-state index contributed by atoms with van der Waals surface area (Å²) < 4.78 is 4.46. The van der Waals surface area contributed by atoms with Crippen molar-refractivity contribution in [2.75, 3.05) is 0 Å². The van der Waals surface area contributed by atoms with Crippen molar-refractivity contribution in [1.82, 2.24) is 4.57 Å². The summed E-state index contributed by atoms with van der Waals surface area (Å²) >= 11 is 5.92. The van der Waals surface area contributed by atoms with E-state index in [2.05, 4.69) is 46.5 Å². The number of benzene rings is 2. The summed E-state index contributed by atoms with van der Waals surface area (Å²) in [6.07, 6.45) is 4.26. The summed E-state index contributed by atoms with van der Waals surface area (Å²) in [7, 11) is 0. The third-order valence-corrected chi connectivity index (χ3v) is 5.07. The number of aromatic nitrogens is 2. The number of Topliss-reactive ketones (excluding diaryl/α,β-unsaturated/α-hetero) is 1. The normalized spacial score (nSPS) is 13.0. The lowest BCUT2D eigenvalue weighted by Crippen LogP contribution is -2.40. The summed E-state index contributed by atoms with van der Waals surface area (Å²) in [6, 6.07) is 15.7. The molecule has 0 saturated carbocycles. The molecule has 3 nitrogen and oxygen atoms in total. The average Bonchev–Trinajstić information content (AvgIpc) is 3.20. The molecule has 1 aliphatic rings. The monoisotopic (exact) mass is 351 g/mol. The lowest BCUT2D eigenvalue weighted by molar-refractivity contribution is -0.689. The fourth-order valence-corrected chi connectivity index (χ4v) is 3.61. The largest absolute Gasteiger partial charge is 0.290 e. The summed E-state index contributed by atoms with van der Waals surface area (Å²) in [5.74, 6) is 1.34. The van der Waals surface area contributed by atoms with Gasteiger partial charge in [-0.1, -0.05) is 41.4 Å². The predicted molar refractivity (Wildman–Crippen MR) is 98.9 cm³/mol. The Morgan fingerprint density at radius 1 is 1.12 bits per heavy atom. The van der Waals surface area contributed by atoms with Gasteiger partial charge in [0.2, 0.25) is 5.78 Å². The first kappa shape index (κ1) is 16.1. The molecule has 0 saturated heterocycles. The van der Waals surface area contributed by atoms with Crippen LogP contribution >= 0.6 is 11.6 Å². The van der Waals surface area contributed by atoms with Crippen LogP contribution in [0.2, 0.25) is 5.02 Å². The Hall–Kier alpha value is -2.39. The zero-order valence-electron chi connectivity index (χ0n) is 14.2. The molecule has 2 heterocycles. The minimum atomic E-state index is 0.109. The highest BCUT2D eigenvalue weighted by atomic mass is 35.5. The van der Waals surface area contributed by atoms with Crippen LogP contribution in [0.15, 0.2) is 54.7 Å². The Bertz CT molecular complexity index is 924. The topological polar surface area (TPSA) is 25.9 Å². The van der Waals surface area contributed by atoms with Gasteiger partial charge in [0.25, 0.3) is 5.82 Å². The van der Waals surface area contributed by atoms with E-state index >= 15 is 0 Å². The maximum Gasteiger partial charge on any atom is 0.257 e. The third kappa shape index (κ3) is 3.12. The van der Waals surface area contributed by atoms with E-state index < -0.39 is 0 Å². The van der Waals surface area contributed by atoms with E-state index in [4.69, 9.17) is 11.6 Å². The van der Waals surface area contributed by atoms with Crippen LogP contribution in [0.25, 0.3) is 11.3 Å². The number of fused-ring (bicyclic) bond motifs is 1. The van der Waals surface area contributed by atoms with Crippen LogP contribution in [0, 0.1) is 6.92 Å². The number of carbonyl (C=O) groups is 1.